The molecule has 0 aliphatic heterocycles. The smallest absolute Gasteiger partial charge is 0.270 e. The fraction of sp³-hybridized carbons (Fsp3) is 0.500. The Kier molecular flexibility index (Phi) is 23.2. The molecule has 0 aliphatic carbocycles. The van der Waals surface area contributed by atoms with E-state index in [-0.39, 0.29) is 67.6 Å². The molecule has 56 heavy (non-hydrogen) atoms. The predicted molar refractivity (Wildman–Crippen MR) is 223 cm³/mol. The molecule has 18 heteroatoms. The molecule has 0 aromatic heterocycles. The third-order valence-electron chi connectivity index (χ3n) is 8.11. The van der Waals surface area contributed by atoms with Crippen molar-refractivity contribution in [3.63, 3.8) is 0 Å². The Bertz CT molecular complexity index is 1540. The molecular weight excluding hydrogens is 757 g/mol. The van der Waals surface area contributed by atoms with Crippen molar-refractivity contribution in [2.75, 3.05) is 66.7 Å². The summed E-state index contributed by atoms with van der Waals surface area (Å²) in [5, 5.41) is 18.2. The van der Waals surface area contributed by atoms with Gasteiger partial charge < -0.3 is 50.3 Å². The monoisotopic (exact) mass is 816 g/mol. The molecule has 6 N–H and O–H groups in total. The fourth-order valence-corrected chi connectivity index (χ4v) is 8.25. The van der Waals surface area contributed by atoms with Crippen molar-refractivity contribution < 1.29 is 38.2 Å². The van der Waals surface area contributed by atoms with Crippen LogP contribution in [0.5, 0.6) is 0 Å². The van der Waals surface area contributed by atoms with Gasteiger partial charge >= 0.3 is 0 Å². The lowest BCUT2D eigenvalue weighted by atomic mass is 10.0. The first-order chi connectivity index (χ1) is 26.8. The van der Waals surface area contributed by atoms with Gasteiger partial charge in [0.25, 0.3) is 5.24 Å². The van der Waals surface area contributed by atoms with Gasteiger partial charge in [0.1, 0.15) is 22.5 Å². The van der Waals surface area contributed by atoms with Crippen LogP contribution in [0.1, 0.15) is 37.8 Å². The molecule has 0 aliphatic rings. The average molecular weight is 817 g/mol. The molecule has 0 spiro atoms. The minimum Gasteiger partial charge on any atom is -0.378 e. The summed E-state index contributed by atoms with van der Waals surface area (Å²) in [6.07, 6.45) is 0.426. The fourth-order valence-electron chi connectivity index (χ4n) is 5.25. The summed E-state index contributed by atoms with van der Waals surface area (Å²) in [7, 11) is 3.51. The number of nitrogens with one attached hydrogen (secondary N) is 6. The van der Waals surface area contributed by atoms with Gasteiger partial charge in [0.2, 0.25) is 23.6 Å². The number of benzene rings is 2. The van der Waals surface area contributed by atoms with Crippen molar-refractivity contribution in [1.82, 2.24) is 35.5 Å². The second kappa shape index (κ2) is 27.2. The lowest BCUT2D eigenvalue weighted by Gasteiger charge is -2.34. The third-order valence-corrected chi connectivity index (χ3v) is 11.5. The van der Waals surface area contributed by atoms with Crippen LogP contribution in [0.2, 0.25) is 0 Å². The van der Waals surface area contributed by atoms with E-state index in [0.717, 1.165) is 17.7 Å². The van der Waals surface area contributed by atoms with Gasteiger partial charge in [-0.25, -0.2) is 0 Å². The molecule has 2 aromatic carbocycles. The summed E-state index contributed by atoms with van der Waals surface area (Å²) >= 11 is -1.85. The van der Waals surface area contributed by atoms with E-state index in [1.165, 1.54) is 4.57 Å². The van der Waals surface area contributed by atoms with Gasteiger partial charge in [0.15, 0.2) is 5.78 Å². The minimum absolute atomic E-state index is 0.0380. The number of ether oxygens (including phenoxy) is 2. The van der Waals surface area contributed by atoms with E-state index in [2.05, 4.69) is 39.8 Å². The van der Waals surface area contributed by atoms with Crippen LogP contribution >= 0.6 is 11.1 Å². The molecule has 2 aromatic rings. The number of thiol groups is 1. The molecule has 1 unspecified atom stereocenters. The third kappa shape index (κ3) is 19.9. The molecule has 0 fully saturated rings. The summed E-state index contributed by atoms with van der Waals surface area (Å²) in [5.41, 5.74) is 1.55. The molecular formula is C38H60N8O8SSi. The first kappa shape index (κ1) is 47.7. The van der Waals surface area contributed by atoms with Gasteiger partial charge in [0, 0.05) is 37.7 Å². The predicted octanol–water partition coefficient (Wildman–Crippen LogP) is -0.158. The molecule has 310 valence electrons. The van der Waals surface area contributed by atoms with Gasteiger partial charge in [-0.2, -0.15) is 0 Å². The molecule has 0 radical (unpaired) electrons. The Morgan fingerprint density at radius 3 is 2.02 bits per heavy atom. The number of nitrogens with zero attached hydrogens (tertiary/aromatic N) is 2. The van der Waals surface area contributed by atoms with Crippen LogP contribution in [-0.4, -0.2) is 146 Å². The quantitative estimate of drug-likeness (QED) is 0.0289. The van der Waals surface area contributed by atoms with E-state index in [1.807, 2.05) is 36.4 Å². The Morgan fingerprint density at radius 1 is 0.821 bits per heavy atom. The van der Waals surface area contributed by atoms with E-state index < -0.39 is 51.9 Å². The molecule has 16 nitrogen and oxygen atoms in total. The number of hydrogen-bond acceptors (Lipinski definition) is 11. The Morgan fingerprint density at radius 2 is 1.43 bits per heavy atom. The largest absolute Gasteiger partial charge is 0.378 e. The van der Waals surface area contributed by atoms with E-state index in [1.54, 1.807) is 43.3 Å². The molecule has 0 heterocycles. The Hall–Kier alpha value is -4.46. The van der Waals surface area contributed by atoms with Crippen LogP contribution in [0, 0.1) is 5.41 Å². The summed E-state index contributed by atoms with van der Waals surface area (Å²) in [6, 6.07) is 16.2. The van der Waals surface area contributed by atoms with Crippen LogP contribution in [-0.2, 0) is 45.6 Å². The maximum atomic E-state index is 14.1. The summed E-state index contributed by atoms with van der Waals surface area (Å²) in [5.74, 6) is -2.43. The average Bonchev–Trinajstić information content (AvgIpc) is 3.17. The molecule has 2 rings (SSSR count). The summed E-state index contributed by atoms with van der Waals surface area (Å²) in [4.78, 5) is 81.1. The number of ketones is 1. The Balaban J connectivity index is 2.14. The summed E-state index contributed by atoms with van der Waals surface area (Å²) in [6.45, 7) is 6.39. The number of carbonyl (C=O) groups is 6. The van der Waals surface area contributed by atoms with E-state index in [9.17, 15) is 28.8 Å². The topological polar surface area (TPSA) is 211 Å². The van der Waals surface area contributed by atoms with Crippen molar-refractivity contribution in [3.8, 4) is 0 Å². The zero-order chi connectivity index (χ0) is 41.3. The van der Waals surface area contributed by atoms with Crippen molar-refractivity contribution in [2.45, 2.75) is 57.0 Å². The van der Waals surface area contributed by atoms with Gasteiger partial charge in [-0.15, -0.1) is 0 Å². The van der Waals surface area contributed by atoms with Crippen LogP contribution in [0.15, 0.2) is 60.7 Å². The normalized spacial score (nSPS) is 13.0. The lowest BCUT2D eigenvalue weighted by molar-refractivity contribution is -0.131. The maximum Gasteiger partial charge on any atom is 0.270 e. The number of likely N-dealkylation sites (N-methyl/N-ethyl adjacent to an activating group) is 1. The zero-order valence-corrected chi connectivity index (χ0v) is 36.1. The second-order valence-electron chi connectivity index (χ2n) is 13.6. The first-order valence-corrected chi connectivity index (χ1v) is 21.1. The number of amides is 5. The standard InChI is InChI=1S/C38H60N8O8SSi/c1-28(2)40-17-19-53-21-22-54-20-18-41-34(48)25-42-36(50)32(23-29-11-7-5-8-12-29)43-37(51)33(16-15-31(47)24-39)46(56)38(52)55(44-35(49)26-45(3)4)27-30-13-9-6-10-14-30/h5-14,24,28,32-33,39-40,55H,15-23,25-27H2,1-4,56H3,(H,41,48)(H,42,50)(H,43,51)(H,44,49)/t32-,33-/m0/s1. The highest BCUT2D eigenvalue weighted by atomic mass is 32.2. The molecule has 0 saturated heterocycles. The van der Waals surface area contributed by atoms with Crippen molar-refractivity contribution in [1.29, 1.82) is 5.41 Å². The zero-order valence-electron chi connectivity index (χ0n) is 33.2. The van der Waals surface area contributed by atoms with E-state index in [0.29, 0.717) is 32.1 Å². The number of hydrogen-bond donors (Lipinski definition) is 7. The molecule has 0 bridgehead atoms. The van der Waals surface area contributed by atoms with Crippen LogP contribution < -0.4 is 26.0 Å². The minimum atomic E-state index is -1.85. The highest BCUT2D eigenvalue weighted by molar-refractivity contribution is 8.27. The van der Waals surface area contributed by atoms with Gasteiger partial charge in [0.05, 0.1) is 45.7 Å². The van der Waals surface area contributed by atoms with E-state index in [4.69, 9.17) is 14.9 Å². The SMILES string of the molecule is CC(C)NCCOCCOCCNC(=O)CNC(=O)[C@H](Cc1ccccc1)NC(=O)[C@H](CCC(=O)C=N)N([SiH3])C(=O)[SH](Cc1ccccc1)NC(=O)CN(C)C. The number of carbonyl (C=O) groups excluding carboxylic acids is 6. The lowest BCUT2D eigenvalue weighted by Crippen LogP contribution is -2.56. The van der Waals surface area contributed by atoms with Gasteiger partial charge in [-0.3, -0.25) is 28.8 Å². The van der Waals surface area contributed by atoms with Crippen LogP contribution in [0.25, 0.3) is 0 Å². The molecule has 3 atom stereocenters. The maximum absolute atomic E-state index is 14.1. The number of Topliss-reactive ketones (excluding diaryl/α,β-unsaturated/α-hetero) is 1. The molecule has 5 amide bonds. The van der Waals surface area contributed by atoms with Crippen LogP contribution in [0.3, 0.4) is 0 Å². The van der Waals surface area contributed by atoms with Crippen LogP contribution in [0.4, 0.5) is 4.79 Å². The Labute approximate surface area is 336 Å². The highest BCUT2D eigenvalue weighted by Gasteiger charge is 2.33. The van der Waals surface area contributed by atoms with Crippen molar-refractivity contribution >= 4 is 62.4 Å². The molecule has 0 saturated carbocycles. The number of rotatable bonds is 26. The second-order valence-corrected chi connectivity index (χ2v) is 16.3. The van der Waals surface area contributed by atoms with Gasteiger partial charge in [-0.05, 0) is 31.6 Å². The van der Waals surface area contributed by atoms with E-state index >= 15 is 0 Å². The highest BCUT2D eigenvalue weighted by Crippen LogP contribution is 2.31. The summed E-state index contributed by atoms with van der Waals surface area (Å²) < 4.78 is 15.2. The first-order valence-electron chi connectivity index (χ1n) is 18.6. The van der Waals surface area contributed by atoms with Crippen molar-refractivity contribution in [3.05, 3.63) is 71.8 Å². The van der Waals surface area contributed by atoms with Crippen molar-refractivity contribution in [2.24, 2.45) is 0 Å². The van der Waals surface area contributed by atoms with Gasteiger partial charge in [-0.1, -0.05) is 85.6 Å².